The second-order valence-electron chi connectivity index (χ2n) is 10.9. The molecule has 0 spiro atoms. The minimum Gasteiger partial charge on any atom is -0.497 e. The molecular formula is C31H45N3O5S. The third-order valence-electron chi connectivity index (χ3n) is 6.44. The second kappa shape index (κ2) is 15.6. The molecule has 2 aromatic carbocycles. The summed E-state index contributed by atoms with van der Waals surface area (Å²) >= 11 is 4.38. The van der Waals surface area contributed by atoms with E-state index in [0.717, 1.165) is 36.0 Å². The van der Waals surface area contributed by atoms with Gasteiger partial charge >= 0.3 is 6.09 Å². The summed E-state index contributed by atoms with van der Waals surface area (Å²) in [6.07, 6.45) is 2.96. The zero-order valence-electron chi connectivity index (χ0n) is 24.9. The Morgan fingerprint density at radius 2 is 1.60 bits per heavy atom. The van der Waals surface area contributed by atoms with Gasteiger partial charge in [-0.15, -0.1) is 0 Å². The Bertz CT molecular complexity index is 1110. The molecule has 0 aliphatic heterocycles. The van der Waals surface area contributed by atoms with E-state index in [1.54, 1.807) is 57.0 Å². The predicted molar refractivity (Wildman–Crippen MR) is 163 cm³/mol. The average Bonchev–Trinajstić information content (AvgIpc) is 2.89. The Morgan fingerprint density at radius 3 is 2.12 bits per heavy atom. The van der Waals surface area contributed by atoms with Gasteiger partial charge in [0, 0.05) is 18.0 Å². The molecule has 2 rings (SSSR count). The third kappa shape index (κ3) is 9.77. The van der Waals surface area contributed by atoms with Crippen molar-refractivity contribution in [2.24, 2.45) is 0 Å². The molecule has 8 nitrogen and oxygen atoms in total. The fourth-order valence-corrected chi connectivity index (χ4v) is 4.73. The summed E-state index contributed by atoms with van der Waals surface area (Å²) in [4.78, 5) is 42.4. The first-order chi connectivity index (χ1) is 18.9. The summed E-state index contributed by atoms with van der Waals surface area (Å²) in [5.74, 6) is -0.0262. The van der Waals surface area contributed by atoms with Crippen LogP contribution < -0.4 is 15.4 Å². The maximum absolute atomic E-state index is 14.1. The van der Waals surface area contributed by atoms with Gasteiger partial charge < -0.3 is 25.0 Å². The molecule has 3 amide bonds. The molecule has 0 aliphatic carbocycles. The van der Waals surface area contributed by atoms with Crippen LogP contribution in [0.2, 0.25) is 0 Å². The molecule has 40 heavy (non-hydrogen) atoms. The highest BCUT2D eigenvalue weighted by molar-refractivity contribution is 7.80. The minimum atomic E-state index is -0.982. The van der Waals surface area contributed by atoms with E-state index < -0.39 is 29.7 Å². The first kappa shape index (κ1) is 33.0. The Hall–Kier alpha value is -3.20. The Morgan fingerprint density at radius 1 is 0.975 bits per heavy atom. The number of unbranched alkanes of at least 4 members (excludes halogenated alkanes) is 3. The average molecular weight is 572 g/mol. The zero-order valence-corrected chi connectivity index (χ0v) is 25.8. The van der Waals surface area contributed by atoms with Crippen molar-refractivity contribution in [2.45, 2.75) is 84.9 Å². The third-order valence-corrected chi connectivity index (χ3v) is 6.81. The maximum Gasteiger partial charge on any atom is 0.408 e. The van der Waals surface area contributed by atoms with E-state index in [0.29, 0.717) is 24.4 Å². The summed E-state index contributed by atoms with van der Waals surface area (Å²) in [5.41, 5.74) is 2.39. The zero-order chi connectivity index (χ0) is 29.9. The number of nitrogens with zero attached hydrogens (tertiary/aromatic N) is 1. The molecule has 2 N–H and O–H groups in total. The molecule has 0 heterocycles. The first-order valence-electron chi connectivity index (χ1n) is 13.8. The molecule has 0 saturated heterocycles. The van der Waals surface area contributed by atoms with Crippen molar-refractivity contribution < 1.29 is 23.9 Å². The first-order valence-corrected chi connectivity index (χ1v) is 14.5. The predicted octanol–water partition coefficient (Wildman–Crippen LogP) is 6.22. The summed E-state index contributed by atoms with van der Waals surface area (Å²) in [6.45, 7) is 11.6. The number of carbonyl (C=O) groups is 3. The van der Waals surface area contributed by atoms with Gasteiger partial charge in [-0.3, -0.25) is 9.59 Å². The van der Waals surface area contributed by atoms with Gasteiger partial charge in [0.1, 0.15) is 23.4 Å². The Balaban J connectivity index is 2.53. The van der Waals surface area contributed by atoms with Crippen LogP contribution >= 0.6 is 12.6 Å². The summed E-state index contributed by atoms with van der Waals surface area (Å²) in [5, 5.41) is 5.66. The second-order valence-corrected chi connectivity index (χ2v) is 11.3. The number of benzene rings is 2. The lowest BCUT2D eigenvalue weighted by Gasteiger charge is -2.35. The highest BCUT2D eigenvalue weighted by atomic mass is 32.1. The van der Waals surface area contributed by atoms with Crippen molar-refractivity contribution in [2.75, 3.05) is 24.7 Å². The number of aryl methyl sites for hydroxylation is 2. The Kier molecular flexibility index (Phi) is 12.8. The molecule has 0 bridgehead atoms. The van der Waals surface area contributed by atoms with Crippen LogP contribution in [0.15, 0.2) is 42.5 Å². The van der Waals surface area contributed by atoms with Crippen molar-refractivity contribution >= 4 is 36.2 Å². The number of amides is 3. The molecular weight excluding hydrogens is 526 g/mol. The molecule has 2 aromatic rings. The molecule has 0 aliphatic rings. The van der Waals surface area contributed by atoms with Gasteiger partial charge in [0.2, 0.25) is 5.91 Å². The smallest absolute Gasteiger partial charge is 0.408 e. The number of methoxy groups -OCH3 is 1. The van der Waals surface area contributed by atoms with Crippen molar-refractivity contribution in [1.82, 2.24) is 10.2 Å². The fourth-order valence-electron chi connectivity index (χ4n) is 4.48. The number of anilines is 1. The molecule has 9 heteroatoms. The number of carbonyl (C=O) groups excluding carboxylic acids is 3. The van der Waals surface area contributed by atoms with E-state index in [1.165, 1.54) is 0 Å². The largest absolute Gasteiger partial charge is 0.497 e. The molecule has 2 unspecified atom stereocenters. The van der Waals surface area contributed by atoms with Crippen LogP contribution in [0.25, 0.3) is 0 Å². The van der Waals surface area contributed by atoms with Crippen LogP contribution in [-0.4, -0.2) is 53.9 Å². The number of hydrogen-bond donors (Lipinski definition) is 3. The number of thiol groups is 1. The maximum atomic E-state index is 14.1. The summed E-state index contributed by atoms with van der Waals surface area (Å²) in [7, 11) is 1.58. The van der Waals surface area contributed by atoms with Gasteiger partial charge in [0.05, 0.1) is 7.11 Å². The van der Waals surface area contributed by atoms with Crippen molar-refractivity contribution in [3.05, 3.63) is 59.2 Å². The van der Waals surface area contributed by atoms with Crippen LogP contribution in [-0.2, 0) is 14.3 Å². The number of ether oxygens (including phenoxy) is 2. The summed E-state index contributed by atoms with van der Waals surface area (Å²) in [6, 6.07) is 10.9. The lowest BCUT2D eigenvalue weighted by atomic mass is 9.93. The number of alkyl carbamates (subject to hydrolysis) is 1. The molecule has 0 fully saturated rings. The van der Waals surface area contributed by atoms with E-state index in [9.17, 15) is 14.4 Å². The molecule has 0 aromatic heterocycles. The topological polar surface area (TPSA) is 97.0 Å². The number of rotatable bonds is 13. The van der Waals surface area contributed by atoms with Crippen molar-refractivity contribution in [1.29, 1.82) is 0 Å². The molecule has 2 atom stereocenters. The normalized spacial score (nSPS) is 12.7. The van der Waals surface area contributed by atoms with Gasteiger partial charge in [-0.05, 0) is 82.0 Å². The quantitative estimate of drug-likeness (QED) is 0.196. The van der Waals surface area contributed by atoms with Gasteiger partial charge in [-0.1, -0.05) is 44.4 Å². The number of hydrogen-bond acceptors (Lipinski definition) is 6. The standard InChI is InChI=1S/C31H45N3O5S/c1-8-9-10-11-19-34(29(36)25(20-40)33-30(37)39-31(4,5)6)27(26-21(2)13-12-14-22(26)3)28(35)32-23-15-17-24(38-7)18-16-23/h12-18,25,27,40H,8-11,19-20H2,1-7H3,(H,32,35)(H,33,37). The molecule has 0 saturated carbocycles. The van der Waals surface area contributed by atoms with Crippen LogP contribution in [0.3, 0.4) is 0 Å². The lowest BCUT2D eigenvalue weighted by Crippen LogP contribution is -2.53. The SMILES string of the molecule is CCCCCCN(C(=O)C(CS)NC(=O)OC(C)(C)C)C(C(=O)Nc1ccc(OC)cc1)c1c(C)cccc1C. The highest BCUT2D eigenvalue weighted by Crippen LogP contribution is 2.30. The minimum absolute atomic E-state index is 0.0448. The van der Waals surface area contributed by atoms with Gasteiger partial charge in [-0.25, -0.2) is 4.79 Å². The molecule has 0 radical (unpaired) electrons. The van der Waals surface area contributed by atoms with E-state index >= 15 is 0 Å². The van der Waals surface area contributed by atoms with E-state index in [-0.39, 0.29) is 11.7 Å². The van der Waals surface area contributed by atoms with E-state index in [1.807, 2.05) is 32.0 Å². The van der Waals surface area contributed by atoms with Crippen LogP contribution in [0.1, 0.15) is 76.1 Å². The van der Waals surface area contributed by atoms with Gasteiger partial charge in [0.25, 0.3) is 5.91 Å². The van der Waals surface area contributed by atoms with Crippen molar-refractivity contribution in [3.63, 3.8) is 0 Å². The van der Waals surface area contributed by atoms with Crippen LogP contribution in [0.5, 0.6) is 5.75 Å². The van der Waals surface area contributed by atoms with E-state index in [4.69, 9.17) is 9.47 Å². The van der Waals surface area contributed by atoms with Crippen LogP contribution in [0.4, 0.5) is 10.5 Å². The summed E-state index contributed by atoms with van der Waals surface area (Å²) < 4.78 is 10.6. The Labute approximate surface area is 244 Å². The van der Waals surface area contributed by atoms with Gasteiger partial charge in [-0.2, -0.15) is 12.6 Å². The number of nitrogens with one attached hydrogen (secondary N) is 2. The lowest BCUT2D eigenvalue weighted by molar-refractivity contribution is -0.140. The van der Waals surface area contributed by atoms with Crippen molar-refractivity contribution in [3.8, 4) is 5.75 Å². The van der Waals surface area contributed by atoms with Crippen LogP contribution in [0, 0.1) is 13.8 Å². The highest BCUT2D eigenvalue weighted by Gasteiger charge is 2.37. The molecule has 220 valence electrons. The fraction of sp³-hybridized carbons (Fsp3) is 0.516. The van der Waals surface area contributed by atoms with E-state index in [2.05, 4.69) is 30.2 Å². The van der Waals surface area contributed by atoms with Gasteiger partial charge in [0.15, 0.2) is 0 Å². The monoisotopic (exact) mass is 571 g/mol.